The van der Waals surface area contributed by atoms with Gasteiger partial charge in [-0.1, -0.05) is 30.7 Å². The smallest absolute Gasteiger partial charge is 0.0438 e. The number of nitrogens with two attached hydrogens (primary N) is 1. The van der Waals surface area contributed by atoms with Crippen LogP contribution in [-0.2, 0) is 6.54 Å². The third-order valence-corrected chi connectivity index (χ3v) is 4.69. The minimum Gasteiger partial charge on any atom is -0.328 e. The molecule has 2 rings (SSSR count). The second kappa shape index (κ2) is 6.74. The van der Waals surface area contributed by atoms with Crippen molar-refractivity contribution in [3.05, 3.63) is 34.3 Å². The lowest BCUT2D eigenvalue weighted by Gasteiger charge is -2.35. The molecule has 0 saturated heterocycles. The summed E-state index contributed by atoms with van der Waals surface area (Å²) in [5.74, 6) is 0. The summed E-state index contributed by atoms with van der Waals surface area (Å²) in [6.45, 7) is 6.37. The molecule has 1 aliphatic rings. The van der Waals surface area contributed by atoms with Gasteiger partial charge in [0, 0.05) is 23.7 Å². The first-order chi connectivity index (χ1) is 9.10. The quantitative estimate of drug-likeness (QED) is 0.910. The molecule has 3 heteroatoms. The van der Waals surface area contributed by atoms with E-state index in [9.17, 15) is 0 Å². The van der Waals surface area contributed by atoms with Crippen molar-refractivity contribution in [3.8, 4) is 0 Å². The summed E-state index contributed by atoms with van der Waals surface area (Å²) in [6, 6.07) is 7.52. The van der Waals surface area contributed by atoms with Crippen LogP contribution in [0.2, 0.25) is 5.02 Å². The van der Waals surface area contributed by atoms with Gasteiger partial charge in [-0.15, -0.1) is 0 Å². The Balaban J connectivity index is 2.00. The summed E-state index contributed by atoms with van der Waals surface area (Å²) in [4.78, 5) is 2.56. The molecule has 0 radical (unpaired) electrons. The minimum atomic E-state index is 0.420. The minimum absolute atomic E-state index is 0.420. The number of rotatable bonds is 4. The molecular weight excluding hydrogens is 256 g/mol. The van der Waals surface area contributed by atoms with E-state index in [0.29, 0.717) is 12.1 Å². The van der Waals surface area contributed by atoms with E-state index in [4.69, 9.17) is 17.3 Å². The fourth-order valence-corrected chi connectivity index (χ4v) is 3.14. The number of hydrogen-bond donors (Lipinski definition) is 1. The van der Waals surface area contributed by atoms with Gasteiger partial charge in [-0.3, -0.25) is 4.90 Å². The summed E-state index contributed by atoms with van der Waals surface area (Å²) in [6.07, 6.45) is 4.79. The molecule has 1 aromatic carbocycles. The van der Waals surface area contributed by atoms with Crippen molar-refractivity contribution in [1.29, 1.82) is 0 Å². The van der Waals surface area contributed by atoms with Crippen LogP contribution in [0.5, 0.6) is 0 Å². The second-order valence-corrected chi connectivity index (χ2v) is 6.12. The molecule has 0 amide bonds. The third kappa shape index (κ3) is 3.95. The Labute approximate surface area is 121 Å². The number of aryl methyl sites for hydroxylation is 1. The summed E-state index contributed by atoms with van der Waals surface area (Å²) in [7, 11) is 0. The molecule has 1 aliphatic carbocycles. The van der Waals surface area contributed by atoms with Crippen molar-refractivity contribution >= 4 is 11.6 Å². The molecule has 1 aromatic rings. The summed E-state index contributed by atoms with van der Waals surface area (Å²) < 4.78 is 0. The van der Waals surface area contributed by atoms with Gasteiger partial charge in [0.2, 0.25) is 0 Å². The highest BCUT2D eigenvalue weighted by Crippen LogP contribution is 2.24. The van der Waals surface area contributed by atoms with E-state index in [-0.39, 0.29) is 0 Å². The highest BCUT2D eigenvalue weighted by molar-refractivity contribution is 6.31. The largest absolute Gasteiger partial charge is 0.328 e. The first-order valence-corrected chi connectivity index (χ1v) is 7.72. The average molecular weight is 281 g/mol. The van der Waals surface area contributed by atoms with Crippen LogP contribution >= 0.6 is 11.6 Å². The number of nitrogens with zero attached hydrogens (tertiary/aromatic N) is 1. The van der Waals surface area contributed by atoms with E-state index in [1.807, 2.05) is 6.92 Å². The Morgan fingerprint density at radius 3 is 2.53 bits per heavy atom. The highest BCUT2D eigenvalue weighted by Gasteiger charge is 2.23. The van der Waals surface area contributed by atoms with Crippen LogP contribution in [0.25, 0.3) is 0 Å². The van der Waals surface area contributed by atoms with Crippen LogP contribution in [0, 0.1) is 6.92 Å². The zero-order valence-electron chi connectivity index (χ0n) is 12.0. The second-order valence-electron chi connectivity index (χ2n) is 5.72. The van der Waals surface area contributed by atoms with Gasteiger partial charge in [0.15, 0.2) is 0 Å². The molecule has 2 nitrogen and oxygen atoms in total. The fraction of sp³-hybridized carbons (Fsp3) is 0.625. The topological polar surface area (TPSA) is 29.3 Å². The van der Waals surface area contributed by atoms with Crippen molar-refractivity contribution < 1.29 is 0 Å². The maximum atomic E-state index is 6.21. The van der Waals surface area contributed by atoms with Crippen LogP contribution in [0.3, 0.4) is 0 Å². The Hall–Kier alpha value is -0.570. The van der Waals surface area contributed by atoms with E-state index >= 15 is 0 Å². The first kappa shape index (κ1) is 14.8. The lowest BCUT2D eigenvalue weighted by Crippen LogP contribution is -2.40. The van der Waals surface area contributed by atoms with E-state index in [1.54, 1.807) is 0 Å². The SMILES string of the molecule is CCN(Cc1ccc(C)c(Cl)c1)C1CCC(N)CC1. The van der Waals surface area contributed by atoms with E-state index in [2.05, 4.69) is 30.0 Å². The van der Waals surface area contributed by atoms with Gasteiger partial charge in [0.1, 0.15) is 0 Å². The van der Waals surface area contributed by atoms with Crippen molar-refractivity contribution in [3.63, 3.8) is 0 Å². The zero-order chi connectivity index (χ0) is 13.8. The van der Waals surface area contributed by atoms with Crippen LogP contribution in [-0.4, -0.2) is 23.5 Å². The highest BCUT2D eigenvalue weighted by atomic mass is 35.5. The van der Waals surface area contributed by atoms with Gasteiger partial charge >= 0.3 is 0 Å². The molecule has 0 atom stereocenters. The van der Waals surface area contributed by atoms with E-state index in [1.165, 1.54) is 18.4 Å². The van der Waals surface area contributed by atoms with Crippen molar-refractivity contribution in [1.82, 2.24) is 4.90 Å². The Morgan fingerprint density at radius 2 is 1.95 bits per heavy atom. The van der Waals surface area contributed by atoms with E-state index in [0.717, 1.165) is 36.5 Å². The van der Waals surface area contributed by atoms with Gasteiger partial charge < -0.3 is 5.73 Å². The monoisotopic (exact) mass is 280 g/mol. The van der Waals surface area contributed by atoms with E-state index < -0.39 is 0 Å². The molecule has 0 aromatic heterocycles. The lowest BCUT2D eigenvalue weighted by atomic mass is 9.90. The van der Waals surface area contributed by atoms with Crippen molar-refractivity contribution in [2.45, 2.75) is 58.2 Å². The van der Waals surface area contributed by atoms with Crippen molar-refractivity contribution in [2.24, 2.45) is 5.73 Å². The molecule has 1 saturated carbocycles. The summed E-state index contributed by atoms with van der Waals surface area (Å²) >= 11 is 6.21. The molecule has 19 heavy (non-hydrogen) atoms. The molecule has 0 aliphatic heterocycles. The maximum absolute atomic E-state index is 6.21. The first-order valence-electron chi connectivity index (χ1n) is 7.34. The van der Waals surface area contributed by atoms with Crippen LogP contribution in [0.4, 0.5) is 0 Å². The van der Waals surface area contributed by atoms with Crippen LogP contribution in [0.1, 0.15) is 43.7 Å². The molecule has 1 fully saturated rings. The molecule has 2 N–H and O–H groups in total. The van der Waals surface area contributed by atoms with Crippen LogP contribution < -0.4 is 5.73 Å². The van der Waals surface area contributed by atoms with Gasteiger partial charge in [-0.25, -0.2) is 0 Å². The predicted molar refractivity (Wildman–Crippen MR) is 82.5 cm³/mol. The molecule has 0 heterocycles. The molecule has 0 bridgehead atoms. The fourth-order valence-electron chi connectivity index (χ4n) is 2.94. The molecular formula is C16H25ClN2. The molecule has 0 spiro atoms. The Morgan fingerprint density at radius 1 is 1.26 bits per heavy atom. The normalized spacial score (nSPS) is 23.8. The molecule has 106 valence electrons. The Kier molecular flexibility index (Phi) is 5.26. The zero-order valence-corrected chi connectivity index (χ0v) is 12.8. The van der Waals surface area contributed by atoms with Gasteiger partial charge in [0.25, 0.3) is 0 Å². The number of halogens is 1. The van der Waals surface area contributed by atoms with Gasteiger partial charge in [0.05, 0.1) is 0 Å². The number of hydrogen-bond acceptors (Lipinski definition) is 2. The Bertz CT molecular complexity index is 411. The predicted octanol–water partition coefficient (Wildman–Crippen LogP) is 3.74. The number of benzene rings is 1. The molecule has 0 unspecified atom stereocenters. The van der Waals surface area contributed by atoms with Crippen LogP contribution in [0.15, 0.2) is 18.2 Å². The maximum Gasteiger partial charge on any atom is 0.0438 e. The standard InChI is InChI=1S/C16H25ClN2/c1-3-19(15-8-6-14(18)7-9-15)11-13-5-4-12(2)16(17)10-13/h4-5,10,14-15H,3,6-9,11,18H2,1-2H3. The van der Waals surface area contributed by atoms with Crippen molar-refractivity contribution in [2.75, 3.05) is 6.54 Å². The summed E-state index contributed by atoms with van der Waals surface area (Å²) in [5, 5.41) is 0.874. The third-order valence-electron chi connectivity index (χ3n) is 4.29. The van der Waals surface area contributed by atoms with Gasteiger partial charge in [-0.2, -0.15) is 0 Å². The summed E-state index contributed by atoms with van der Waals surface area (Å²) in [5.41, 5.74) is 8.45. The van der Waals surface area contributed by atoms with Gasteiger partial charge in [-0.05, 0) is 56.3 Å². The average Bonchev–Trinajstić information content (AvgIpc) is 2.41. The lowest BCUT2D eigenvalue weighted by molar-refractivity contribution is 0.149.